The number of ether oxygens (including phenoxy) is 1. The van der Waals surface area contributed by atoms with Crippen LogP contribution in [0.3, 0.4) is 0 Å². The summed E-state index contributed by atoms with van der Waals surface area (Å²) in [4.78, 5) is 26.3. The van der Waals surface area contributed by atoms with Crippen molar-refractivity contribution in [2.75, 3.05) is 5.01 Å². The second kappa shape index (κ2) is 7.13. The lowest BCUT2D eigenvalue weighted by atomic mass is 9.66. The van der Waals surface area contributed by atoms with Gasteiger partial charge < -0.3 is 4.74 Å². The maximum atomic E-state index is 14.0. The summed E-state index contributed by atoms with van der Waals surface area (Å²) in [5, 5.41) is 6.21. The molecule has 7 heteroatoms. The SMILES string of the molecule is CC(=O)C1=NN(c2ccc(Cl)cc2)[C@@]2(Oc3ccccc3C(=O)C23CCCCC3)S1. The maximum absolute atomic E-state index is 14.0. The Labute approximate surface area is 184 Å². The number of nitrogens with zero attached hydrogens (tertiary/aromatic N) is 2. The molecule has 2 aromatic rings. The molecule has 2 aliphatic heterocycles. The van der Waals surface area contributed by atoms with Crippen LogP contribution in [0, 0.1) is 5.41 Å². The molecule has 0 amide bonds. The van der Waals surface area contributed by atoms with Crippen molar-refractivity contribution in [2.24, 2.45) is 10.5 Å². The Morgan fingerprint density at radius 1 is 1.10 bits per heavy atom. The van der Waals surface area contributed by atoms with Gasteiger partial charge in [0, 0.05) is 11.9 Å². The number of carbonyl (C=O) groups is 2. The number of ketones is 2. The second-order valence-electron chi connectivity index (χ2n) is 8.00. The number of halogens is 1. The number of rotatable bonds is 2. The molecule has 2 spiro atoms. The van der Waals surface area contributed by atoms with E-state index in [4.69, 9.17) is 16.3 Å². The molecule has 0 N–H and O–H groups in total. The van der Waals surface area contributed by atoms with Crippen LogP contribution >= 0.6 is 23.4 Å². The van der Waals surface area contributed by atoms with Gasteiger partial charge in [0.05, 0.1) is 11.3 Å². The highest BCUT2D eigenvalue weighted by Gasteiger charge is 2.68. The molecule has 0 aromatic heterocycles. The number of Topliss-reactive ketones (excluding diaryl/α,β-unsaturated/α-hetero) is 2. The third-order valence-electron chi connectivity index (χ3n) is 6.20. The lowest BCUT2D eigenvalue weighted by molar-refractivity contribution is -0.110. The minimum atomic E-state index is -1.15. The van der Waals surface area contributed by atoms with Gasteiger partial charge in [0.15, 0.2) is 16.6 Å². The van der Waals surface area contributed by atoms with Gasteiger partial charge in [0.1, 0.15) is 11.2 Å². The van der Waals surface area contributed by atoms with Crippen LogP contribution in [0.2, 0.25) is 5.02 Å². The number of anilines is 1. The second-order valence-corrected chi connectivity index (χ2v) is 9.58. The van der Waals surface area contributed by atoms with Gasteiger partial charge >= 0.3 is 0 Å². The van der Waals surface area contributed by atoms with Crippen LogP contribution in [0.1, 0.15) is 49.4 Å². The van der Waals surface area contributed by atoms with Crippen molar-refractivity contribution in [3.8, 4) is 5.75 Å². The van der Waals surface area contributed by atoms with Crippen LogP contribution in [0.15, 0.2) is 53.6 Å². The number of thioether (sulfide) groups is 1. The average Bonchev–Trinajstić information content (AvgIpc) is 3.15. The minimum Gasteiger partial charge on any atom is -0.454 e. The van der Waals surface area contributed by atoms with Crippen LogP contribution in [-0.2, 0) is 4.79 Å². The summed E-state index contributed by atoms with van der Waals surface area (Å²) >= 11 is 7.38. The molecule has 1 aliphatic carbocycles. The molecule has 2 heterocycles. The topological polar surface area (TPSA) is 59.0 Å². The van der Waals surface area contributed by atoms with Crippen molar-refractivity contribution in [1.82, 2.24) is 0 Å². The predicted octanol–water partition coefficient (Wildman–Crippen LogP) is 5.68. The fraction of sp³-hybridized carbons (Fsp3) is 0.348. The van der Waals surface area contributed by atoms with Crippen molar-refractivity contribution in [2.45, 2.75) is 44.1 Å². The van der Waals surface area contributed by atoms with Crippen molar-refractivity contribution < 1.29 is 14.3 Å². The van der Waals surface area contributed by atoms with E-state index in [-0.39, 0.29) is 11.6 Å². The zero-order chi connectivity index (χ0) is 20.9. The molecular weight excluding hydrogens is 420 g/mol. The molecule has 3 aliphatic rings. The van der Waals surface area contributed by atoms with Crippen molar-refractivity contribution in [3.63, 3.8) is 0 Å². The normalized spacial score (nSPS) is 24.5. The fourth-order valence-corrected chi connectivity index (χ4v) is 6.27. The molecule has 0 saturated heterocycles. The summed E-state index contributed by atoms with van der Waals surface area (Å²) in [5.41, 5.74) is 0.545. The molecule has 2 aromatic carbocycles. The third-order valence-corrected chi connectivity index (χ3v) is 7.94. The quantitative estimate of drug-likeness (QED) is 0.601. The lowest BCUT2D eigenvalue weighted by Gasteiger charge is -2.53. The molecule has 5 nitrogen and oxygen atoms in total. The van der Waals surface area contributed by atoms with Gasteiger partial charge in [-0.2, -0.15) is 5.10 Å². The van der Waals surface area contributed by atoms with E-state index in [1.165, 1.54) is 18.7 Å². The largest absolute Gasteiger partial charge is 0.454 e. The zero-order valence-electron chi connectivity index (χ0n) is 16.6. The summed E-state index contributed by atoms with van der Waals surface area (Å²) in [7, 11) is 0. The van der Waals surface area contributed by atoms with Crippen LogP contribution in [0.4, 0.5) is 5.69 Å². The first-order valence-electron chi connectivity index (χ1n) is 10.1. The number of carbonyl (C=O) groups excluding carboxylic acids is 2. The van der Waals surface area contributed by atoms with Crippen molar-refractivity contribution in [1.29, 1.82) is 0 Å². The summed E-state index contributed by atoms with van der Waals surface area (Å²) < 4.78 is 6.69. The van der Waals surface area contributed by atoms with Gasteiger partial charge in [-0.3, -0.25) is 9.59 Å². The minimum absolute atomic E-state index is 0.0792. The Balaban J connectivity index is 1.74. The zero-order valence-corrected chi connectivity index (χ0v) is 18.1. The molecule has 1 fully saturated rings. The summed E-state index contributed by atoms with van der Waals surface area (Å²) in [6, 6.07) is 14.6. The molecule has 0 bridgehead atoms. The fourth-order valence-electron chi connectivity index (χ4n) is 4.76. The molecule has 30 heavy (non-hydrogen) atoms. The van der Waals surface area contributed by atoms with Gasteiger partial charge in [-0.1, -0.05) is 43.0 Å². The van der Waals surface area contributed by atoms with Gasteiger partial charge in [-0.15, -0.1) is 0 Å². The predicted molar refractivity (Wildman–Crippen MR) is 119 cm³/mol. The smallest absolute Gasteiger partial charge is 0.269 e. The Morgan fingerprint density at radius 2 is 1.80 bits per heavy atom. The number of hydrazone groups is 1. The van der Waals surface area contributed by atoms with Gasteiger partial charge in [0.25, 0.3) is 5.06 Å². The summed E-state index contributed by atoms with van der Waals surface area (Å²) in [6.07, 6.45) is 4.33. The molecule has 1 atom stereocenters. The van der Waals surface area contributed by atoms with E-state index < -0.39 is 10.5 Å². The Morgan fingerprint density at radius 3 is 2.50 bits per heavy atom. The first-order valence-corrected chi connectivity index (χ1v) is 11.3. The highest BCUT2D eigenvalue weighted by atomic mass is 35.5. The van der Waals surface area contributed by atoms with E-state index in [1.807, 2.05) is 36.4 Å². The van der Waals surface area contributed by atoms with Crippen molar-refractivity contribution in [3.05, 3.63) is 59.1 Å². The number of hydrogen-bond donors (Lipinski definition) is 0. The van der Waals surface area contributed by atoms with Gasteiger partial charge in [0.2, 0.25) is 0 Å². The third kappa shape index (κ3) is 2.73. The highest BCUT2D eigenvalue weighted by molar-refractivity contribution is 8.17. The van der Waals surface area contributed by atoms with Crippen LogP contribution in [0.5, 0.6) is 5.75 Å². The molecule has 1 saturated carbocycles. The number of benzene rings is 2. The Bertz CT molecular complexity index is 1060. The molecular formula is C23H21ClN2O3S. The molecule has 5 rings (SSSR count). The van der Waals surface area contributed by atoms with E-state index >= 15 is 0 Å². The Kier molecular flexibility index (Phi) is 4.67. The number of para-hydroxylation sites is 1. The standard InChI is InChI=1S/C23H21ClN2O3S/c1-15(27)21-25-26(17-11-9-16(24)10-12-17)23(30-21)22(13-5-2-6-14-22)20(28)18-7-3-4-8-19(18)29-23/h3-4,7-12H,2,5-6,13-14H2,1H3/t23-/m0/s1. The summed E-state index contributed by atoms with van der Waals surface area (Å²) in [6.45, 7) is 1.50. The van der Waals surface area contributed by atoms with E-state index in [1.54, 1.807) is 17.1 Å². The van der Waals surface area contributed by atoms with Crippen LogP contribution in [0.25, 0.3) is 0 Å². The first-order chi connectivity index (χ1) is 14.5. The van der Waals surface area contributed by atoms with Crippen molar-refractivity contribution >= 4 is 45.7 Å². The molecule has 0 radical (unpaired) electrons. The average molecular weight is 441 g/mol. The number of hydrogen-bond acceptors (Lipinski definition) is 6. The molecule has 154 valence electrons. The van der Waals surface area contributed by atoms with E-state index in [0.29, 0.717) is 34.2 Å². The Hall–Kier alpha value is -2.31. The van der Waals surface area contributed by atoms with Gasteiger partial charge in [-0.05, 0) is 61.0 Å². The number of fused-ring (bicyclic) bond motifs is 2. The monoisotopic (exact) mass is 440 g/mol. The maximum Gasteiger partial charge on any atom is 0.269 e. The highest BCUT2D eigenvalue weighted by Crippen LogP contribution is 2.61. The van der Waals surface area contributed by atoms with Crippen LogP contribution < -0.4 is 9.75 Å². The van der Waals surface area contributed by atoms with Gasteiger partial charge in [-0.25, -0.2) is 5.01 Å². The van der Waals surface area contributed by atoms with Crippen LogP contribution in [-0.4, -0.2) is 21.7 Å². The first kappa shape index (κ1) is 19.6. The summed E-state index contributed by atoms with van der Waals surface area (Å²) in [5.74, 6) is 0.470. The van der Waals surface area contributed by atoms with E-state index in [0.717, 1.165) is 24.9 Å². The van der Waals surface area contributed by atoms with E-state index in [2.05, 4.69) is 5.10 Å². The molecule has 0 unspecified atom stereocenters. The van der Waals surface area contributed by atoms with E-state index in [9.17, 15) is 9.59 Å². The lowest BCUT2D eigenvalue weighted by Crippen LogP contribution is -2.64.